The van der Waals surface area contributed by atoms with Gasteiger partial charge in [0.25, 0.3) is 5.91 Å². The average molecular weight is 342 g/mol. The normalized spacial score (nSPS) is 18.5. The third kappa shape index (κ3) is 3.78. The summed E-state index contributed by atoms with van der Waals surface area (Å²) in [4.78, 5) is 18.5. The van der Waals surface area contributed by atoms with Crippen molar-refractivity contribution >= 4 is 24.0 Å². The molecule has 1 aliphatic rings. The van der Waals surface area contributed by atoms with Gasteiger partial charge in [0.15, 0.2) is 5.65 Å². The van der Waals surface area contributed by atoms with E-state index in [1.807, 2.05) is 0 Å². The summed E-state index contributed by atoms with van der Waals surface area (Å²) in [5.41, 5.74) is 1.76. The number of fused-ring (bicyclic) bond motifs is 1. The zero-order chi connectivity index (χ0) is 15.5. The minimum absolute atomic E-state index is 0. The van der Waals surface area contributed by atoms with Crippen LogP contribution in [0, 0.1) is 0 Å². The molecule has 1 fully saturated rings. The molecule has 2 aromatic rings. The summed E-state index contributed by atoms with van der Waals surface area (Å²) in [6.45, 7) is 2.01. The zero-order valence-corrected chi connectivity index (χ0v) is 13.4. The van der Waals surface area contributed by atoms with Gasteiger partial charge in [-0.2, -0.15) is 5.10 Å². The van der Waals surface area contributed by atoms with Gasteiger partial charge >= 0.3 is 0 Å². The van der Waals surface area contributed by atoms with Crippen molar-refractivity contribution in [2.24, 2.45) is 0 Å². The first-order valence-electron chi connectivity index (χ1n) is 7.30. The maximum absolute atomic E-state index is 12.6. The number of β-amino-alcohol motifs (C(OH)–C–C–N with tert-alkyl or cyclic N) is 1. The number of hydrogen-bond donors (Lipinski definition) is 3. The first kappa shape index (κ1) is 17.6. The van der Waals surface area contributed by atoms with E-state index in [4.69, 9.17) is 5.11 Å². The van der Waals surface area contributed by atoms with E-state index in [0.29, 0.717) is 43.8 Å². The van der Waals surface area contributed by atoms with Crippen molar-refractivity contribution in [1.82, 2.24) is 24.8 Å². The lowest BCUT2D eigenvalue weighted by molar-refractivity contribution is 0.0674. The molecular formula is C14H20ClN5O3. The molecule has 0 radical (unpaired) electrons. The minimum Gasteiger partial charge on any atom is -0.396 e. The van der Waals surface area contributed by atoms with Crippen LogP contribution in [0.5, 0.6) is 0 Å². The fourth-order valence-electron chi connectivity index (χ4n) is 2.57. The molecule has 1 amide bonds. The van der Waals surface area contributed by atoms with E-state index < -0.39 is 6.10 Å². The van der Waals surface area contributed by atoms with Crippen LogP contribution in [-0.2, 0) is 6.42 Å². The second-order valence-corrected chi connectivity index (χ2v) is 5.37. The first-order valence-corrected chi connectivity index (χ1v) is 7.30. The van der Waals surface area contributed by atoms with E-state index in [1.165, 1.54) is 6.20 Å². The van der Waals surface area contributed by atoms with Gasteiger partial charge in [-0.1, -0.05) is 0 Å². The van der Waals surface area contributed by atoms with Crippen molar-refractivity contribution in [3.05, 3.63) is 29.7 Å². The summed E-state index contributed by atoms with van der Waals surface area (Å²) >= 11 is 0. The number of halogens is 1. The molecule has 0 aromatic carbocycles. The predicted octanol–water partition coefficient (Wildman–Crippen LogP) is -0.908. The van der Waals surface area contributed by atoms with Crippen molar-refractivity contribution < 1.29 is 15.0 Å². The Morgan fingerprint density at radius 3 is 3.04 bits per heavy atom. The van der Waals surface area contributed by atoms with Crippen molar-refractivity contribution in [2.75, 3.05) is 32.8 Å². The van der Waals surface area contributed by atoms with Gasteiger partial charge in [-0.15, -0.1) is 12.4 Å². The summed E-state index contributed by atoms with van der Waals surface area (Å²) in [5.74, 6) is -0.180. The molecule has 3 rings (SSSR count). The van der Waals surface area contributed by atoms with Gasteiger partial charge in [0.2, 0.25) is 0 Å². The predicted molar refractivity (Wildman–Crippen MR) is 85.8 cm³/mol. The summed E-state index contributed by atoms with van der Waals surface area (Å²) in [6, 6.07) is 0. The number of aromatic nitrogens is 3. The second-order valence-electron chi connectivity index (χ2n) is 5.37. The second kappa shape index (κ2) is 7.69. The number of nitrogens with zero attached hydrogens (tertiary/aromatic N) is 4. The molecule has 1 unspecified atom stereocenters. The third-order valence-corrected chi connectivity index (χ3v) is 3.70. The van der Waals surface area contributed by atoms with E-state index in [0.717, 1.165) is 5.56 Å². The van der Waals surface area contributed by atoms with Crippen LogP contribution in [-0.4, -0.2) is 74.5 Å². The Hall–Kier alpha value is -1.74. The Bertz CT molecular complexity index is 677. The first-order chi connectivity index (χ1) is 10.7. The molecule has 8 nitrogen and oxygen atoms in total. The number of rotatable bonds is 3. The Balaban J connectivity index is 0.00000192. The summed E-state index contributed by atoms with van der Waals surface area (Å²) < 4.78 is 1.55. The number of aliphatic hydroxyl groups is 2. The molecule has 0 spiro atoms. The van der Waals surface area contributed by atoms with Gasteiger partial charge in [-0.25, -0.2) is 9.50 Å². The standard InChI is InChI=1S/C14H19N5O3.ClH/c20-4-1-10-5-16-13-12(7-17-19(13)8-10)14(22)18-3-2-15-6-11(21)9-18;/h5,7-8,11,15,20-21H,1-4,6,9H2;1H. The smallest absolute Gasteiger partial charge is 0.259 e. The quantitative estimate of drug-likeness (QED) is 0.668. The topological polar surface area (TPSA) is 103 Å². The summed E-state index contributed by atoms with van der Waals surface area (Å²) in [7, 11) is 0. The Morgan fingerprint density at radius 2 is 2.26 bits per heavy atom. The lowest BCUT2D eigenvalue weighted by Crippen LogP contribution is -2.37. The number of carbonyl (C=O) groups is 1. The van der Waals surface area contributed by atoms with E-state index in [2.05, 4.69) is 15.4 Å². The van der Waals surface area contributed by atoms with Gasteiger partial charge in [-0.3, -0.25) is 4.79 Å². The third-order valence-electron chi connectivity index (χ3n) is 3.70. The number of carbonyl (C=O) groups excluding carboxylic acids is 1. The number of hydrogen-bond acceptors (Lipinski definition) is 6. The Kier molecular flexibility index (Phi) is 5.89. The van der Waals surface area contributed by atoms with Crippen LogP contribution in [0.15, 0.2) is 18.6 Å². The fraction of sp³-hybridized carbons (Fsp3) is 0.500. The summed E-state index contributed by atoms with van der Waals surface area (Å²) in [6.07, 6.45) is 4.82. The zero-order valence-electron chi connectivity index (χ0n) is 12.6. The monoisotopic (exact) mass is 341 g/mol. The van der Waals surface area contributed by atoms with Crippen molar-refractivity contribution in [3.8, 4) is 0 Å². The van der Waals surface area contributed by atoms with Crippen LogP contribution in [0.3, 0.4) is 0 Å². The number of nitrogens with one attached hydrogen (secondary N) is 1. The molecule has 23 heavy (non-hydrogen) atoms. The molecular weight excluding hydrogens is 322 g/mol. The highest BCUT2D eigenvalue weighted by molar-refractivity contribution is 5.99. The largest absolute Gasteiger partial charge is 0.396 e. The van der Waals surface area contributed by atoms with Gasteiger partial charge in [0, 0.05) is 45.2 Å². The van der Waals surface area contributed by atoms with Crippen LogP contribution in [0.1, 0.15) is 15.9 Å². The van der Waals surface area contributed by atoms with Crippen LogP contribution < -0.4 is 5.32 Å². The molecule has 3 heterocycles. The average Bonchev–Trinajstić information content (AvgIpc) is 2.80. The van der Waals surface area contributed by atoms with E-state index >= 15 is 0 Å². The van der Waals surface area contributed by atoms with Gasteiger partial charge < -0.3 is 20.4 Å². The van der Waals surface area contributed by atoms with Crippen LogP contribution in [0.2, 0.25) is 0 Å². The van der Waals surface area contributed by atoms with Gasteiger partial charge in [-0.05, 0) is 12.0 Å². The van der Waals surface area contributed by atoms with Gasteiger partial charge in [0.1, 0.15) is 5.56 Å². The van der Waals surface area contributed by atoms with Crippen LogP contribution >= 0.6 is 12.4 Å². The van der Waals surface area contributed by atoms with Crippen molar-refractivity contribution in [1.29, 1.82) is 0 Å². The number of amides is 1. The van der Waals surface area contributed by atoms with E-state index in [1.54, 1.807) is 21.8 Å². The maximum atomic E-state index is 12.6. The van der Waals surface area contributed by atoms with Gasteiger partial charge in [0.05, 0.1) is 12.3 Å². The highest BCUT2D eigenvalue weighted by atomic mass is 35.5. The molecule has 2 aromatic heterocycles. The molecule has 1 atom stereocenters. The molecule has 126 valence electrons. The Labute approximate surface area is 139 Å². The molecule has 0 aliphatic carbocycles. The molecule has 0 bridgehead atoms. The van der Waals surface area contributed by atoms with E-state index in [9.17, 15) is 9.90 Å². The number of aliphatic hydroxyl groups excluding tert-OH is 2. The highest BCUT2D eigenvalue weighted by Crippen LogP contribution is 2.13. The van der Waals surface area contributed by atoms with E-state index in [-0.39, 0.29) is 24.9 Å². The molecule has 3 N–H and O–H groups in total. The van der Waals surface area contributed by atoms with Crippen LogP contribution in [0.4, 0.5) is 0 Å². The Morgan fingerprint density at radius 1 is 1.43 bits per heavy atom. The SMILES string of the molecule is Cl.O=C(c1cnn2cc(CCO)cnc12)N1CCNCC(O)C1. The molecule has 9 heteroatoms. The van der Waals surface area contributed by atoms with Crippen molar-refractivity contribution in [2.45, 2.75) is 12.5 Å². The van der Waals surface area contributed by atoms with Crippen LogP contribution in [0.25, 0.3) is 5.65 Å². The lowest BCUT2D eigenvalue weighted by Gasteiger charge is -2.21. The summed E-state index contributed by atoms with van der Waals surface area (Å²) in [5, 5.41) is 26.0. The molecule has 0 saturated carbocycles. The minimum atomic E-state index is -0.572. The highest BCUT2D eigenvalue weighted by Gasteiger charge is 2.24. The van der Waals surface area contributed by atoms with Crippen molar-refractivity contribution in [3.63, 3.8) is 0 Å². The fourth-order valence-corrected chi connectivity index (χ4v) is 2.57. The molecule has 1 saturated heterocycles. The maximum Gasteiger partial charge on any atom is 0.259 e. The molecule has 1 aliphatic heterocycles. The lowest BCUT2D eigenvalue weighted by atomic mass is 10.2.